The predicted octanol–water partition coefficient (Wildman–Crippen LogP) is 3.14. The SMILES string of the molecule is Cc1cc(NC(=O)CN(C)C(=O)Cc2csc3nc(-c4ccc(F)cc4)cn23)no1. The van der Waals surface area contributed by atoms with Crippen molar-refractivity contribution in [2.45, 2.75) is 13.3 Å². The van der Waals surface area contributed by atoms with Crippen molar-refractivity contribution < 1.29 is 18.5 Å². The molecular weight excluding hydrogens is 409 g/mol. The van der Waals surface area contributed by atoms with Gasteiger partial charge in [-0.3, -0.25) is 14.0 Å². The summed E-state index contributed by atoms with van der Waals surface area (Å²) < 4.78 is 19.9. The molecule has 2 amide bonds. The number of likely N-dealkylation sites (N-methyl/N-ethyl adjacent to an activating group) is 1. The monoisotopic (exact) mass is 427 g/mol. The number of carbonyl (C=O) groups excluding carboxylic acids is 2. The second kappa shape index (κ2) is 8.07. The number of aryl methyl sites for hydroxylation is 1. The predicted molar refractivity (Wildman–Crippen MR) is 110 cm³/mol. The summed E-state index contributed by atoms with van der Waals surface area (Å²) in [5.74, 6) is 0.00653. The van der Waals surface area contributed by atoms with E-state index < -0.39 is 0 Å². The molecule has 0 unspecified atom stereocenters. The molecule has 0 atom stereocenters. The van der Waals surface area contributed by atoms with Crippen molar-refractivity contribution in [1.29, 1.82) is 0 Å². The summed E-state index contributed by atoms with van der Waals surface area (Å²) >= 11 is 1.41. The number of anilines is 1. The second-order valence-corrected chi connectivity index (χ2v) is 7.65. The first-order valence-electron chi connectivity index (χ1n) is 9.07. The maximum atomic E-state index is 13.1. The fourth-order valence-electron chi connectivity index (χ4n) is 2.92. The van der Waals surface area contributed by atoms with E-state index in [1.54, 1.807) is 32.2 Å². The number of carbonyl (C=O) groups is 2. The lowest BCUT2D eigenvalue weighted by Gasteiger charge is -2.16. The van der Waals surface area contributed by atoms with E-state index in [4.69, 9.17) is 4.52 Å². The third kappa shape index (κ3) is 4.23. The van der Waals surface area contributed by atoms with E-state index in [-0.39, 0.29) is 30.6 Å². The summed E-state index contributed by atoms with van der Waals surface area (Å²) in [5, 5.41) is 8.14. The first-order valence-corrected chi connectivity index (χ1v) is 9.95. The molecule has 0 fully saturated rings. The molecule has 0 bridgehead atoms. The highest BCUT2D eigenvalue weighted by atomic mass is 32.1. The Morgan fingerprint density at radius 1 is 1.30 bits per heavy atom. The fraction of sp³-hybridized carbons (Fsp3) is 0.200. The van der Waals surface area contributed by atoms with Crippen molar-refractivity contribution in [1.82, 2.24) is 19.4 Å². The van der Waals surface area contributed by atoms with Crippen LogP contribution in [0.4, 0.5) is 10.2 Å². The second-order valence-electron chi connectivity index (χ2n) is 6.81. The largest absolute Gasteiger partial charge is 0.360 e. The van der Waals surface area contributed by atoms with Crippen LogP contribution in [0, 0.1) is 12.7 Å². The quantitative estimate of drug-likeness (QED) is 0.510. The highest BCUT2D eigenvalue weighted by Crippen LogP contribution is 2.24. The van der Waals surface area contributed by atoms with E-state index in [1.807, 2.05) is 16.0 Å². The molecule has 0 spiro atoms. The van der Waals surface area contributed by atoms with Crippen LogP contribution in [-0.2, 0) is 16.0 Å². The Morgan fingerprint density at radius 3 is 2.77 bits per heavy atom. The van der Waals surface area contributed by atoms with Crippen molar-refractivity contribution >= 4 is 33.9 Å². The van der Waals surface area contributed by atoms with E-state index in [1.165, 1.54) is 28.4 Å². The van der Waals surface area contributed by atoms with Crippen molar-refractivity contribution in [3.8, 4) is 11.3 Å². The number of imidazole rings is 1. The molecular formula is C20H18FN5O3S. The average molecular weight is 427 g/mol. The summed E-state index contributed by atoms with van der Waals surface area (Å²) in [6.45, 7) is 1.61. The number of thiazole rings is 1. The number of nitrogens with one attached hydrogen (secondary N) is 1. The van der Waals surface area contributed by atoms with Crippen molar-refractivity contribution in [3.63, 3.8) is 0 Å². The smallest absolute Gasteiger partial charge is 0.245 e. The average Bonchev–Trinajstić information content (AvgIpc) is 3.39. The number of benzene rings is 1. The van der Waals surface area contributed by atoms with Gasteiger partial charge >= 0.3 is 0 Å². The lowest BCUT2D eigenvalue weighted by atomic mass is 10.2. The summed E-state index contributed by atoms with van der Waals surface area (Å²) in [6, 6.07) is 7.69. The van der Waals surface area contributed by atoms with Crippen molar-refractivity contribution in [2.24, 2.45) is 0 Å². The summed E-state index contributed by atoms with van der Waals surface area (Å²) in [6.07, 6.45) is 1.94. The van der Waals surface area contributed by atoms with Crippen molar-refractivity contribution in [2.75, 3.05) is 18.9 Å². The van der Waals surface area contributed by atoms with Gasteiger partial charge in [0.15, 0.2) is 10.8 Å². The number of halogens is 1. The first-order chi connectivity index (χ1) is 14.4. The van der Waals surface area contributed by atoms with Gasteiger partial charge < -0.3 is 14.7 Å². The van der Waals surface area contributed by atoms with E-state index in [0.717, 1.165) is 16.2 Å². The van der Waals surface area contributed by atoms with Crippen LogP contribution in [0.5, 0.6) is 0 Å². The van der Waals surface area contributed by atoms with Crippen LogP contribution < -0.4 is 5.32 Å². The number of fused-ring (bicyclic) bond motifs is 1. The standard InChI is InChI=1S/C20H18FN5O3S/c1-12-7-17(24-29-12)23-18(27)10-25(2)19(28)8-15-11-30-20-22-16(9-26(15)20)13-3-5-14(21)6-4-13/h3-7,9,11H,8,10H2,1-2H3,(H,23,24,27). The van der Waals surface area contributed by atoms with Crippen molar-refractivity contribution in [3.05, 3.63) is 59.2 Å². The molecule has 1 N–H and O–H groups in total. The van der Waals surface area contributed by atoms with E-state index in [9.17, 15) is 14.0 Å². The lowest BCUT2D eigenvalue weighted by Crippen LogP contribution is -2.36. The molecule has 30 heavy (non-hydrogen) atoms. The minimum Gasteiger partial charge on any atom is -0.360 e. The minimum atomic E-state index is -0.365. The normalized spacial score (nSPS) is 11.0. The molecule has 4 aromatic rings. The number of nitrogens with zero attached hydrogens (tertiary/aromatic N) is 4. The molecule has 10 heteroatoms. The van der Waals surface area contributed by atoms with Crippen LogP contribution >= 0.6 is 11.3 Å². The molecule has 1 aromatic carbocycles. The van der Waals surface area contributed by atoms with Gasteiger partial charge in [-0.1, -0.05) is 5.16 Å². The number of aromatic nitrogens is 3. The van der Waals surface area contributed by atoms with Crippen LogP contribution in [0.3, 0.4) is 0 Å². The van der Waals surface area contributed by atoms with E-state index in [2.05, 4.69) is 15.5 Å². The van der Waals surface area contributed by atoms with Gasteiger partial charge in [-0.2, -0.15) is 0 Å². The Hall–Kier alpha value is -3.53. The summed E-state index contributed by atoms with van der Waals surface area (Å²) in [7, 11) is 1.57. The van der Waals surface area contributed by atoms with Gasteiger partial charge in [-0.25, -0.2) is 9.37 Å². The Bertz CT molecular complexity index is 1210. The molecule has 154 valence electrons. The fourth-order valence-corrected chi connectivity index (χ4v) is 3.79. The van der Waals surface area contributed by atoms with Crippen LogP contribution in [0.15, 0.2) is 46.4 Å². The summed E-state index contributed by atoms with van der Waals surface area (Å²) in [5.41, 5.74) is 2.26. The van der Waals surface area contributed by atoms with Gasteiger partial charge in [-0.15, -0.1) is 11.3 Å². The molecule has 4 rings (SSSR count). The number of rotatable bonds is 6. The van der Waals surface area contributed by atoms with Crippen LogP contribution in [0.2, 0.25) is 0 Å². The number of amides is 2. The van der Waals surface area contributed by atoms with Crippen LogP contribution in [0.25, 0.3) is 16.2 Å². The van der Waals surface area contributed by atoms with Crippen LogP contribution in [-0.4, -0.2) is 44.8 Å². The van der Waals surface area contributed by atoms with Gasteiger partial charge in [0.1, 0.15) is 11.6 Å². The zero-order valence-corrected chi connectivity index (χ0v) is 17.1. The minimum absolute atomic E-state index is 0.108. The Labute approximate surface area is 174 Å². The first kappa shape index (κ1) is 19.8. The maximum absolute atomic E-state index is 13.1. The molecule has 0 aliphatic carbocycles. The highest BCUT2D eigenvalue weighted by Gasteiger charge is 2.18. The molecule has 0 aliphatic rings. The Morgan fingerprint density at radius 2 is 2.07 bits per heavy atom. The molecule has 3 heterocycles. The number of hydrogen-bond donors (Lipinski definition) is 1. The zero-order chi connectivity index (χ0) is 21.3. The third-order valence-electron chi connectivity index (χ3n) is 4.46. The molecule has 8 nitrogen and oxygen atoms in total. The zero-order valence-electron chi connectivity index (χ0n) is 16.3. The molecule has 0 saturated heterocycles. The maximum Gasteiger partial charge on any atom is 0.245 e. The molecule has 0 radical (unpaired) electrons. The Balaban J connectivity index is 1.42. The van der Waals surface area contributed by atoms with E-state index >= 15 is 0 Å². The van der Waals surface area contributed by atoms with E-state index in [0.29, 0.717) is 17.3 Å². The van der Waals surface area contributed by atoms with Gasteiger partial charge in [0, 0.05) is 35.9 Å². The Kier molecular flexibility index (Phi) is 5.32. The van der Waals surface area contributed by atoms with Gasteiger partial charge in [0.25, 0.3) is 0 Å². The highest BCUT2D eigenvalue weighted by molar-refractivity contribution is 7.15. The van der Waals surface area contributed by atoms with Gasteiger partial charge in [0.05, 0.1) is 18.7 Å². The molecule has 3 aromatic heterocycles. The molecule has 0 aliphatic heterocycles. The molecule has 0 saturated carbocycles. The topological polar surface area (TPSA) is 92.7 Å². The van der Waals surface area contributed by atoms with Gasteiger partial charge in [0.2, 0.25) is 11.8 Å². The van der Waals surface area contributed by atoms with Crippen LogP contribution in [0.1, 0.15) is 11.5 Å². The summed E-state index contributed by atoms with van der Waals surface area (Å²) in [4.78, 5) is 31.3. The van der Waals surface area contributed by atoms with Gasteiger partial charge in [-0.05, 0) is 31.2 Å². The lowest BCUT2D eigenvalue weighted by molar-refractivity contribution is -0.132. The third-order valence-corrected chi connectivity index (χ3v) is 5.35. The number of hydrogen-bond acceptors (Lipinski definition) is 6.